The standard InChI is InChI=1S/C17H18F2N4O2S/c18-13-9-14(19)11-15(10-13)26(24,25)23-6-4-22(5-7-23)17-8-12-2-1-3-16(12)20-21-17/h8-11H,1-7H2. The molecule has 1 aliphatic heterocycles. The van der Waals surface area contributed by atoms with E-state index in [2.05, 4.69) is 10.2 Å². The van der Waals surface area contributed by atoms with E-state index in [9.17, 15) is 17.2 Å². The first kappa shape index (κ1) is 17.3. The summed E-state index contributed by atoms with van der Waals surface area (Å²) in [5, 5.41) is 8.51. The van der Waals surface area contributed by atoms with Crippen molar-refractivity contribution < 1.29 is 17.2 Å². The number of aryl methyl sites for hydroxylation is 2. The number of hydrogen-bond donors (Lipinski definition) is 0. The molecule has 0 spiro atoms. The van der Waals surface area contributed by atoms with E-state index in [0.717, 1.165) is 42.9 Å². The van der Waals surface area contributed by atoms with E-state index in [0.29, 0.717) is 19.2 Å². The first-order valence-electron chi connectivity index (χ1n) is 8.50. The zero-order valence-corrected chi connectivity index (χ0v) is 14.8. The van der Waals surface area contributed by atoms with Gasteiger partial charge in [-0.3, -0.25) is 0 Å². The van der Waals surface area contributed by atoms with Crippen LogP contribution < -0.4 is 4.90 Å². The lowest BCUT2D eigenvalue weighted by Gasteiger charge is -2.34. The Bertz CT molecular complexity index is 924. The van der Waals surface area contributed by atoms with E-state index in [1.807, 2.05) is 11.0 Å². The number of aromatic nitrogens is 2. The van der Waals surface area contributed by atoms with Gasteiger partial charge in [0.05, 0.1) is 10.6 Å². The number of sulfonamides is 1. The highest BCUT2D eigenvalue weighted by Crippen LogP contribution is 2.25. The molecule has 138 valence electrons. The van der Waals surface area contributed by atoms with E-state index in [-0.39, 0.29) is 18.0 Å². The van der Waals surface area contributed by atoms with E-state index in [1.54, 1.807) is 0 Å². The van der Waals surface area contributed by atoms with Gasteiger partial charge in [-0.05, 0) is 43.0 Å². The summed E-state index contributed by atoms with van der Waals surface area (Å²) in [4.78, 5) is 1.63. The van der Waals surface area contributed by atoms with Crippen molar-refractivity contribution >= 4 is 15.8 Å². The third-order valence-electron chi connectivity index (χ3n) is 4.84. The van der Waals surface area contributed by atoms with Crippen LogP contribution in [-0.4, -0.2) is 49.1 Å². The first-order valence-corrected chi connectivity index (χ1v) is 9.94. The van der Waals surface area contributed by atoms with Gasteiger partial charge in [-0.1, -0.05) is 0 Å². The summed E-state index contributed by atoms with van der Waals surface area (Å²) in [6.45, 7) is 1.34. The van der Waals surface area contributed by atoms with Crippen molar-refractivity contribution in [1.29, 1.82) is 0 Å². The zero-order chi connectivity index (χ0) is 18.3. The van der Waals surface area contributed by atoms with Crippen molar-refractivity contribution in [1.82, 2.24) is 14.5 Å². The molecule has 6 nitrogen and oxygen atoms in total. The quantitative estimate of drug-likeness (QED) is 0.812. The Morgan fingerprint density at radius 3 is 2.27 bits per heavy atom. The summed E-state index contributed by atoms with van der Waals surface area (Å²) in [6, 6.07) is 4.37. The van der Waals surface area contributed by atoms with Gasteiger partial charge in [0, 0.05) is 32.2 Å². The van der Waals surface area contributed by atoms with E-state index in [1.165, 1.54) is 9.87 Å². The van der Waals surface area contributed by atoms with Crippen LogP contribution in [0.5, 0.6) is 0 Å². The van der Waals surface area contributed by atoms with Gasteiger partial charge in [-0.25, -0.2) is 17.2 Å². The summed E-state index contributed by atoms with van der Waals surface area (Å²) < 4.78 is 53.3. The van der Waals surface area contributed by atoms with Crippen LogP contribution in [0, 0.1) is 11.6 Å². The van der Waals surface area contributed by atoms with Crippen LogP contribution in [-0.2, 0) is 22.9 Å². The molecular formula is C17H18F2N4O2S. The van der Waals surface area contributed by atoms with Crippen LogP contribution in [0.4, 0.5) is 14.6 Å². The average Bonchev–Trinajstić information content (AvgIpc) is 3.08. The summed E-state index contributed by atoms with van der Waals surface area (Å²) in [5.74, 6) is -1.06. The van der Waals surface area contributed by atoms with E-state index < -0.39 is 21.7 Å². The number of piperazine rings is 1. The van der Waals surface area contributed by atoms with Crippen molar-refractivity contribution in [2.75, 3.05) is 31.1 Å². The van der Waals surface area contributed by atoms with Crippen LogP contribution in [0.3, 0.4) is 0 Å². The number of fused-ring (bicyclic) bond motifs is 1. The van der Waals surface area contributed by atoms with E-state index in [4.69, 9.17) is 0 Å². The largest absolute Gasteiger partial charge is 0.352 e. The van der Waals surface area contributed by atoms with Crippen molar-refractivity contribution in [3.05, 3.63) is 47.2 Å². The maximum Gasteiger partial charge on any atom is 0.243 e. The molecule has 1 fully saturated rings. The van der Waals surface area contributed by atoms with Crippen molar-refractivity contribution in [3.8, 4) is 0 Å². The first-order chi connectivity index (χ1) is 12.4. The molecule has 4 rings (SSSR count). The molecule has 1 aliphatic carbocycles. The van der Waals surface area contributed by atoms with E-state index >= 15 is 0 Å². The minimum Gasteiger partial charge on any atom is -0.352 e. The third-order valence-corrected chi connectivity index (χ3v) is 6.72. The minimum atomic E-state index is -3.93. The fraction of sp³-hybridized carbons (Fsp3) is 0.412. The lowest BCUT2D eigenvalue weighted by Crippen LogP contribution is -2.49. The van der Waals surface area contributed by atoms with Gasteiger partial charge >= 0.3 is 0 Å². The second-order valence-electron chi connectivity index (χ2n) is 6.52. The molecule has 9 heteroatoms. The normalized spacial score (nSPS) is 18.2. The monoisotopic (exact) mass is 380 g/mol. The van der Waals surface area contributed by atoms with Crippen molar-refractivity contribution in [3.63, 3.8) is 0 Å². The lowest BCUT2D eigenvalue weighted by atomic mass is 10.2. The molecule has 0 bridgehead atoms. The molecule has 0 radical (unpaired) electrons. The predicted octanol–water partition coefficient (Wildman–Crippen LogP) is 1.75. The van der Waals surface area contributed by atoms with Gasteiger partial charge in [0.15, 0.2) is 5.82 Å². The van der Waals surface area contributed by atoms with Gasteiger partial charge in [0.2, 0.25) is 10.0 Å². The number of halogens is 2. The zero-order valence-electron chi connectivity index (χ0n) is 14.0. The van der Waals surface area contributed by atoms with Crippen LogP contribution in [0.2, 0.25) is 0 Å². The molecule has 2 heterocycles. The molecular weight excluding hydrogens is 362 g/mol. The fourth-order valence-electron chi connectivity index (χ4n) is 3.46. The molecule has 1 saturated heterocycles. The fourth-order valence-corrected chi connectivity index (χ4v) is 4.92. The van der Waals surface area contributed by atoms with Gasteiger partial charge in [0.1, 0.15) is 11.6 Å². The second kappa shape index (κ2) is 6.55. The van der Waals surface area contributed by atoms with Gasteiger partial charge in [-0.15, -0.1) is 5.10 Å². The average molecular weight is 380 g/mol. The number of nitrogens with zero attached hydrogens (tertiary/aromatic N) is 4. The molecule has 2 aromatic rings. The Hall–Kier alpha value is -2.13. The Labute approximate surface area is 150 Å². The maximum atomic E-state index is 13.4. The van der Waals surface area contributed by atoms with Crippen LogP contribution in [0.1, 0.15) is 17.7 Å². The highest BCUT2D eigenvalue weighted by molar-refractivity contribution is 7.89. The van der Waals surface area contributed by atoms with Crippen molar-refractivity contribution in [2.24, 2.45) is 0 Å². The Morgan fingerprint density at radius 2 is 1.58 bits per heavy atom. The molecule has 26 heavy (non-hydrogen) atoms. The third kappa shape index (κ3) is 3.16. The number of rotatable bonds is 3. The molecule has 0 atom stereocenters. The summed E-state index contributed by atoms with van der Waals surface area (Å²) in [6.07, 6.45) is 3.04. The highest BCUT2D eigenvalue weighted by Gasteiger charge is 2.30. The van der Waals surface area contributed by atoms with Crippen LogP contribution in [0.15, 0.2) is 29.2 Å². The lowest BCUT2D eigenvalue weighted by molar-refractivity contribution is 0.382. The predicted molar refractivity (Wildman–Crippen MR) is 91.4 cm³/mol. The highest BCUT2D eigenvalue weighted by atomic mass is 32.2. The smallest absolute Gasteiger partial charge is 0.243 e. The van der Waals surface area contributed by atoms with Gasteiger partial charge < -0.3 is 4.90 Å². The summed E-state index contributed by atoms with van der Waals surface area (Å²) >= 11 is 0. The van der Waals surface area contributed by atoms with Crippen LogP contribution >= 0.6 is 0 Å². The topological polar surface area (TPSA) is 66.4 Å². The Kier molecular flexibility index (Phi) is 4.36. The van der Waals surface area contributed by atoms with Gasteiger partial charge in [-0.2, -0.15) is 9.40 Å². The summed E-state index contributed by atoms with van der Waals surface area (Å²) in [5.41, 5.74) is 2.25. The number of hydrogen-bond acceptors (Lipinski definition) is 5. The summed E-state index contributed by atoms with van der Waals surface area (Å²) in [7, 11) is -3.93. The van der Waals surface area contributed by atoms with Crippen molar-refractivity contribution in [2.45, 2.75) is 24.2 Å². The minimum absolute atomic E-state index is 0.221. The van der Waals surface area contributed by atoms with Crippen LogP contribution in [0.25, 0.3) is 0 Å². The molecule has 0 amide bonds. The molecule has 1 aromatic carbocycles. The Morgan fingerprint density at radius 1 is 0.885 bits per heavy atom. The molecule has 0 saturated carbocycles. The molecule has 2 aliphatic rings. The SMILES string of the molecule is O=S(=O)(c1cc(F)cc(F)c1)N1CCN(c2cc3c(nn2)CCC3)CC1. The Balaban J connectivity index is 1.49. The van der Waals surface area contributed by atoms with Gasteiger partial charge in [0.25, 0.3) is 0 Å². The molecule has 0 N–H and O–H groups in total. The number of anilines is 1. The second-order valence-corrected chi connectivity index (χ2v) is 8.46. The number of benzene rings is 1. The maximum absolute atomic E-state index is 13.4. The molecule has 0 unspecified atom stereocenters. The molecule has 1 aromatic heterocycles.